The molecular weight excluding hydrogens is 410 g/mol. The van der Waals surface area contributed by atoms with Crippen LogP contribution in [0.15, 0.2) is 115 Å². The van der Waals surface area contributed by atoms with Crippen LogP contribution in [0.1, 0.15) is 18.9 Å². The van der Waals surface area contributed by atoms with Gasteiger partial charge in [0, 0.05) is 17.1 Å². The number of hydrogen-bond acceptors (Lipinski definition) is 1. The molecule has 6 rings (SSSR count). The molecule has 34 heavy (non-hydrogen) atoms. The van der Waals surface area contributed by atoms with E-state index in [0.29, 0.717) is 0 Å². The molecule has 0 atom stereocenters. The smallest absolute Gasteiger partial charge is 0.0487 e. The quantitative estimate of drug-likeness (QED) is 0.243. The maximum atomic E-state index is 4.36. The van der Waals surface area contributed by atoms with E-state index in [4.69, 9.17) is 0 Å². The van der Waals surface area contributed by atoms with Crippen molar-refractivity contribution in [1.29, 1.82) is 0 Å². The van der Waals surface area contributed by atoms with Gasteiger partial charge in [-0.05, 0) is 80.6 Å². The summed E-state index contributed by atoms with van der Waals surface area (Å²) in [7, 11) is 0. The van der Waals surface area contributed by atoms with Crippen LogP contribution in [0.25, 0.3) is 43.4 Å². The number of benzene rings is 6. The van der Waals surface area contributed by atoms with Crippen molar-refractivity contribution < 1.29 is 0 Å². The highest BCUT2D eigenvalue weighted by atomic mass is 15.1. The van der Waals surface area contributed by atoms with Gasteiger partial charge >= 0.3 is 0 Å². The van der Waals surface area contributed by atoms with Crippen molar-refractivity contribution in [2.24, 2.45) is 0 Å². The Balaban J connectivity index is 1.49. The van der Waals surface area contributed by atoms with Gasteiger partial charge in [0.25, 0.3) is 0 Å². The fraction of sp³-hybridized carbons (Fsp3) is 0.0909. The Bertz CT molecular complexity index is 1640. The van der Waals surface area contributed by atoms with Crippen molar-refractivity contribution in [3.63, 3.8) is 0 Å². The van der Waals surface area contributed by atoms with Crippen molar-refractivity contribution in [2.45, 2.75) is 20.3 Å². The van der Waals surface area contributed by atoms with E-state index in [1.807, 2.05) is 0 Å². The Kier molecular flexibility index (Phi) is 4.85. The number of anilines is 2. The summed E-state index contributed by atoms with van der Waals surface area (Å²) in [6.07, 6.45) is 0.894. The molecule has 0 aliphatic heterocycles. The minimum Gasteiger partial charge on any atom is -0.315 e. The Hall–Kier alpha value is -4.10. The summed E-state index contributed by atoms with van der Waals surface area (Å²) in [6, 6.07) is 37.6. The van der Waals surface area contributed by atoms with Gasteiger partial charge < -0.3 is 4.90 Å². The van der Waals surface area contributed by atoms with Gasteiger partial charge in [0.05, 0.1) is 0 Å². The predicted molar refractivity (Wildman–Crippen MR) is 148 cm³/mol. The highest BCUT2D eigenvalue weighted by Gasteiger charge is 2.15. The van der Waals surface area contributed by atoms with Crippen molar-refractivity contribution >= 4 is 43.7 Å². The van der Waals surface area contributed by atoms with E-state index in [9.17, 15) is 0 Å². The molecule has 1 nitrogen and oxygen atoms in total. The van der Waals surface area contributed by atoms with Crippen LogP contribution < -0.4 is 4.90 Å². The van der Waals surface area contributed by atoms with Crippen molar-refractivity contribution in [1.82, 2.24) is 0 Å². The van der Waals surface area contributed by atoms with E-state index in [1.165, 1.54) is 54.7 Å². The first-order valence-electron chi connectivity index (χ1n) is 12.0. The lowest BCUT2D eigenvalue weighted by molar-refractivity contribution is 1.02. The number of para-hydroxylation sites is 1. The molecule has 0 aromatic heterocycles. The lowest BCUT2D eigenvalue weighted by Gasteiger charge is -2.28. The van der Waals surface area contributed by atoms with Gasteiger partial charge in [-0.3, -0.25) is 0 Å². The fourth-order valence-corrected chi connectivity index (χ4v) is 5.24. The van der Waals surface area contributed by atoms with E-state index in [2.05, 4.69) is 128 Å². The molecule has 0 spiro atoms. The molecule has 0 amide bonds. The fourth-order valence-electron chi connectivity index (χ4n) is 5.24. The first kappa shape index (κ1) is 20.5. The largest absolute Gasteiger partial charge is 0.315 e. The maximum Gasteiger partial charge on any atom is 0.0487 e. The number of aryl methyl sites for hydroxylation is 1. The van der Waals surface area contributed by atoms with Gasteiger partial charge in [-0.1, -0.05) is 98.4 Å². The van der Waals surface area contributed by atoms with Crippen LogP contribution in [0.5, 0.6) is 0 Å². The SMILES string of the molecule is C=C(CC)N(c1ccc(-c2ccc3ccc4cccc5ccc2c3c45)cc1)c1ccccc1C. The average Bonchev–Trinajstić information content (AvgIpc) is 2.89. The minimum atomic E-state index is 0.894. The van der Waals surface area contributed by atoms with Crippen molar-refractivity contribution in [2.75, 3.05) is 4.90 Å². The summed E-state index contributed by atoms with van der Waals surface area (Å²) >= 11 is 0. The van der Waals surface area contributed by atoms with Crippen molar-refractivity contribution in [3.05, 3.63) is 121 Å². The van der Waals surface area contributed by atoms with Crippen LogP contribution in [0, 0.1) is 6.92 Å². The summed E-state index contributed by atoms with van der Waals surface area (Å²) in [6.45, 7) is 8.68. The molecule has 0 saturated heterocycles. The van der Waals surface area contributed by atoms with E-state index in [-0.39, 0.29) is 0 Å². The van der Waals surface area contributed by atoms with Gasteiger partial charge in [-0.15, -0.1) is 0 Å². The standard InChI is InChI=1S/C33H27N/c1-4-23(3)34(31-11-6-5-8-22(31)2)28-18-14-24(15-19-28)29-20-16-27-13-12-25-9-7-10-26-17-21-30(29)33(27)32(25)26/h5-21H,3-4H2,1-2H3. The lowest BCUT2D eigenvalue weighted by Crippen LogP contribution is -2.16. The molecule has 6 aromatic carbocycles. The Morgan fingerprint density at radius 1 is 0.676 bits per heavy atom. The summed E-state index contributed by atoms with van der Waals surface area (Å²) < 4.78 is 0. The normalized spacial score (nSPS) is 11.5. The van der Waals surface area contributed by atoms with Crippen molar-refractivity contribution in [3.8, 4) is 11.1 Å². The first-order chi connectivity index (χ1) is 16.7. The number of allylic oxidation sites excluding steroid dienone is 1. The van der Waals surface area contributed by atoms with Crippen LogP contribution >= 0.6 is 0 Å². The molecule has 0 heterocycles. The maximum absolute atomic E-state index is 4.36. The van der Waals surface area contributed by atoms with E-state index >= 15 is 0 Å². The topological polar surface area (TPSA) is 3.24 Å². The Morgan fingerprint density at radius 3 is 2.03 bits per heavy atom. The molecule has 0 aliphatic rings. The molecule has 6 aromatic rings. The van der Waals surface area contributed by atoms with Crippen LogP contribution in [-0.2, 0) is 0 Å². The third-order valence-electron chi connectivity index (χ3n) is 7.05. The molecule has 0 N–H and O–H groups in total. The van der Waals surface area contributed by atoms with Crippen LogP contribution in [-0.4, -0.2) is 0 Å². The monoisotopic (exact) mass is 437 g/mol. The van der Waals surface area contributed by atoms with Gasteiger partial charge in [0.2, 0.25) is 0 Å². The zero-order valence-electron chi connectivity index (χ0n) is 19.7. The highest BCUT2D eigenvalue weighted by molar-refractivity contribution is 6.25. The van der Waals surface area contributed by atoms with Gasteiger partial charge in [-0.2, -0.15) is 0 Å². The van der Waals surface area contributed by atoms with Gasteiger partial charge in [0.15, 0.2) is 0 Å². The highest BCUT2D eigenvalue weighted by Crippen LogP contribution is 2.40. The van der Waals surface area contributed by atoms with Gasteiger partial charge in [-0.25, -0.2) is 0 Å². The molecule has 1 heteroatoms. The number of hydrogen-bond donors (Lipinski definition) is 0. The summed E-state index contributed by atoms with van der Waals surface area (Å²) in [4.78, 5) is 2.28. The molecule has 0 radical (unpaired) electrons. The van der Waals surface area contributed by atoms with E-state index in [1.54, 1.807) is 0 Å². The molecule has 0 aliphatic carbocycles. The lowest BCUT2D eigenvalue weighted by atomic mass is 9.90. The Labute approximate surface area is 200 Å². The van der Waals surface area contributed by atoms with Crippen LogP contribution in [0.4, 0.5) is 11.4 Å². The number of nitrogens with zero attached hydrogens (tertiary/aromatic N) is 1. The summed E-state index contributed by atoms with van der Waals surface area (Å²) in [5.74, 6) is 0. The summed E-state index contributed by atoms with van der Waals surface area (Å²) in [5, 5.41) is 7.93. The van der Waals surface area contributed by atoms with Crippen LogP contribution in [0.3, 0.4) is 0 Å². The van der Waals surface area contributed by atoms with E-state index < -0.39 is 0 Å². The number of rotatable bonds is 5. The molecule has 0 fully saturated rings. The predicted octanol–water partition coefficient (Wildman–Crippen LogP) is 9.62. The Morgan fingerprint density at radius 2 is 1.32 bits per heavy atom. The van der Waals surface area contributed by atoms with E-state index in [0.717, 1.165) is 17.8 Å². The zero-order chi connectivity index (χ0) is 23.2. The first-order valence-corrected chi connectivity index (χ1v) is 12.0. The summed E-state index contributed by atoms with van der Waals surface area (Å²) in [5.41, 5.74) is 7.16. The molecule has 0 unspecified atom stereocenters. The zero-order valence-corrected chi connectivity index (χ0v) is 19.7. The average molecular weight is 438 g/mol. The van der Waals surface area contributed by atoms with Gasteiger partial charge in [0.1, 0.15) is 0 Å². The molecular formula is C33H27N. The third kappa shape index (κ3) is 3.16. The molecule has 0 saturated carbocycles. The molecule has 164 valence electrons. The second-order valence-electron chi connectivity index (χ2n) is 9.06. The molecule has 0 bridgehead atoms. The second kappa shape index (κ2) is 8.04. The second-order valence-corrected chi connectivity index (χ2v) is 9.06. The minimum absolute atomic E-state index is 0.894. The third-order valence-corrected chi connectivity index (χ3v) is 7.05. The van der Waals surface area contributed by atoms with Crippen LogP contribution in [0.2, 0.25) is 0 Å².